The number of carbonyl (C=O) groups is 2. The van der Waals surface area contributed by atoms with Gasteiger partial charge in [-0.25, -0.2) is 0 Å². The normalized spacial score (nSPS) is 10.0. The van der Waals surface area contributed by atoms with Crippen molar-refractivity contribution in [3.8, 4) is 5.75 Å². The number of hydrogen-bond acceptors (Lipinski definition) is 3. The number of methoxy groups -OCH3 is 1. The number of aliphatic carboxylic acids is 1. The Hall–Kier alpha value is -1.83. The summed E-state index contributed by atoms with van der Waals surface area (Å²) in [6.07, 6.45) is -0.170. The first-order valence-corrected chi connectivity index (χ1v) is 8.00. The SMILES string of the molecule is COc1ccc2c(c1)c(CC(=O)O)c(C)n2C(=O)c1ccc(Cl)cc1.O.[Na]. The van der Waals surface area contributed by atoms with E-state index in [0.717, 1.165) is 0 Å². The number of rotatable bonds is 4. The molecule has 3 rings (SSSR count). The smallest absolute Gasteiger partial charge is 0.307 e. The second kappa shape index (κ2) is 9.39. The first-order valence-electron chi connectivity index (χ1n) is 7.62. The predicted octanol–water partition coefficient (Wildman–Crippen LogP) is 2.72. The van der Waals surface area contributed by atoms with E-state index in [2.05, 4.69) is 0 Å². The maximum atomic E-state index is 13.0. The zero-order valence-corrected chi connectivity index (χ0v) is 18.0. The van der Waals surface area contributed by atoms with Crippen molar-refractivity contribution in [3.63, 3.8) is 0 Å². The van der Waals surface area contributed by atoms with Crippen LogP contribution in [0.25, 0.3) is 10.9 Å². The molecule has 137 valence electrons. The Morgan fingerprint density at radius 2 is 1.78 bits per heavy atom. The predicted molar refractivity (Wildman–Crippen MR) is 105 cm³/mol. The number of fused-ring (bicyclic) bond motifs is 1. The number of benzene rings is 2. The molecule has 0 atom stereocenters. The Bertz CT molecular complexity index is 982. The Morgan fingerprint density at radius 3 is 2.33 bits per heavy atom. The van der Waals surface area contributed by atoms with E-state index in [1.165, 1.54) is 4.57 Å². The van der Waals surface area contributed by atoms with Gasteiger partial charge >= 0.3 is 5.97 Å². The van der Waals surface area contributed by atoms with E-state index in [9.17, 15) is 14.7 Å². The third kappa shape index (κ3) is 4.54. The molecular weight excluding hydrogens is 381 g/mol. The van der Waals surface area contributed by atoms with Gasteiger partial charge in [-0.1, -0.05) is 11.6 Å². The monoisotopic (exact) mass is 398 g/mol. The fourth-order valence-electron chi connectivity index (χ4n) is 2.95. The molecule has 1 aromatic heterocycles. The molecule has 0 spiro atoms. The van der Waals surface area contributed by atoms with Crippen molar-refractivity contribution >= 4 is 63.9 Å². The third-order valence-corrected chi connectivity index (χ3v) is 4.42. The van der Waals surface area contributed by atoms with Crippen LogP contribution in [-0.4, -0.2) is 63.7 Å². The zero-order chi connectivity index (χ0) is 18.1. The quantitative estimate of drug-likeness (QED) is 0.683. The van der Waals surface area contributed by atoms with Gasteiger partial charge in [0.05, 0.1) is 19.0 Å². The summed E-state index contributed by atoms with van der Waals surface area (Å²) in [6.45, 7) is 1.75. The molecule has 0 amide bonds. The molecule has 1 radical (unpaired) electrons. The van der Waals surface area contributed by atoms with Gasteiger partial charge in [-0.15, -0.1) is 0 Å². The van der Waals surface area contributed by atoms with Gasteiger partial charge in [0.25, 0.3) is 5.91 Å². The first-order chi connectivity index (χ1) is 11.9. The summed E-state index contributed by atoms with van der Waals surface area (Å²) in [7, 11) is 1.54. The summed E-state index contributed by atoms with van der Waals surface area (Å²) in [5, 5.41) is 10.5. The molecular formula is C19H18ClNNaO5. The number of halogens is 1. The Morgan fingerprint density at radius 1 is 1.15 bits per heavy atom. The molecule has 1 heterocycles. The van der Waals surface area contributed by atoms with Crippen molar-refractivity contribution in [1.29, 1.82) is 0 Å². The van der Waals surface area contributed by atoms with Gasteiger partial charge < -0.3 is 15.3 Å². The van der Waals surface area contributed by atoms with Crippen LogP contribution in [0.2, 0.25) is 5.02 Å². The van der Waals surface area contributed by atoms with Gasteiger partial charge in [0.15, 0.2) is 0 Å². The number of aromatic nitrogens is 1. The number of carbonyl (C=O) groups excluding carboxylic acids is 1. The molecule has 3 aromatic rings. The molecule has 0 saturated heterocycles. The van der Waals surface area contributed by atoms with Crippen LogP contribution in [0.5, 0.6) is 5.75 Å². The summed E-state index contributed by atoms with van der Waals surface area (Å²) >= 11 is 5.89. The molecule has 3 N–H and O–H groups in total. The van der Waals surface area contributed by atoms with Crippen molar-refractivity contribution in [2.24, 2.45) is 0 Å². The summed E-state index contributed by atoms with van der Waals surface area (Å²) in [4.78, 5) is 24.3. The second-order valence-electron chi connectivity index (χ2n) is 5.67. The molecule has 0 aliphatic carbocycles. The van der Waals surface area contributed by atoms with E-state index in [-0.39, 0.29) is 47.4 Å². The van der Waals surface area contributed by atoms with Crippen LogP contribution in [0.3, 0.4) is 0 Å². The van der Waals surface area contributed by atoms with Gasteiger partial charge in [0, 0.05) is 51.2 Å². The van der Waals surface area contributed by atoms with E-state index < -0.39 is 5.97 Å². The van der Waals surface area contributed by atoms with Crippen molar-refractivity contribution in [2.45, 2.75) is 13.3 Å². The third-order valence-electron chi connectivity index (χ3n) is 4.16. The molecule has 27 heavy (non-hydrogen) atoms. The number of hydrogen-bond donors (Lipinski definition) is 1. The van der Waals surface area contributed by atoms with Crippen LogP contribution >= 0.6 is 11.6 Å². The molecule has 0 unspecified atom stereocenters. The molecule has 0 aliphatic heterocycles. The number of nitrogens with zero attached hydrogens (tertiary/aromatic N) is 1. The minimum Gasteiger partial charge on any atom is -0.497 e. The van der Waals surface area contributed by atoms with Gasteiger partial charge in [0.1, 0.15) is 5.75 Å². The average molecular weight is 399 g/mol. The maximum absolute atomic E-state index is 13.0. The van der Waals surface area contributed by atoms with Crippen molar-refractivity contribution in [2.75, 3.05) is 7.11 Å². The average Bonchev–Trinajstić information content (AvgIpc) is 2.86. The van der Waals surface area contributed by atoms with Gasteiger partial charge in [0.2, 0.25) is 0 Å². The summed E-state index contributed by atoms with van der Waals surface area (Å²) in [5.41, 5.74) is 2.32. The van der Waals surface area contributed by atoms with Crippen LogP contribution in [0, 0.1) is 6.92 Å². The number of carboxylic acid groups (broad SMARTS) is 1. The van der Waals surface area contributed by atoms with Gasteiger partial charge in [-0.2, -0.15) is 0 Å². The number of ether oxygens (including phenoxy) is 1. The topological polar surface area (TPSA) is 100 Å². The van der Waals surface area contributed by atoms with Crippen LogP contribution in [0.4, 0.5) is 0 Å². The maximum Gasteiger partial charge on any atom is 0.307 e. The van der Waals surface area contributed by atoms with Crippen LogP contribution in [-0.2, 0) is 11.2 Å². The Labute approximate surface area is 183 Å². The number of carboxylic acids is 1. The fraction of sp³-hybridized carbons (Fsp3) is 0.158. The summed E-state index contributed by atoms with van der Waals surface area (Å²) in [5.74, 6) is -0.583. The summed E-state index contributed by atoms with van der Waals surface area (Å²) < 4.78 is 6.77. The molecule has 6 nitrogen and oxygen atoms in total. The van der Waals surface area contributed by atoms with Crippen LogP contribution < -0.4 is 4.74 Å². The first kappa shape index (κ1) is 23.2. The Kier molecular flexibility index (Phi) is 8.07. The van der Waals surface area contributed by atoms with E-state index in [1.807, 2.05) is 0 Å². The van der Waals surface area contributed by atoms with Gasteiger partial charge in [-0.05, 0) is 55.0 Å². The Balaban J connectivity index is 0.00000182. The molecule has 0 saturated carbocycles. The summed E-state index contributed by atoms with van der Waals surface area (Å²) in [6, 6.07) is 11.9. The fourth-order valence-corrected chi connectivity index (χ4v) is 3.07. The van der Waals surface area contributed by atoms with E-state index in [1.54, 1.807) is 56.5 Å². The van der Waals surface area contributed by atoms with Crippen molar-refractivity contribution in [1.82, 2.24) is 4.57 Å². The second-order valence-corrected chi connectivity index (χ2v) is 6.10. The zero-order valence-electron chi connectivity index (χ0n) is 15.2. The molecule has 2 aromatic carbocycles. The van der Waals surface area contributed by atoms with Crippen molar-refractivity contribution < 1.29 is 24.9 Å². The largest absolute Gasteiger partial charge is 0.497 e. The van der Waals surface area contributed by atoms with Gasteiger partial charge in [-0.3, -0.25) is 14.2 Å². The van der Waals surface area contributed by atoms with E-state index >= 15 is 0 Å². The molecule has 0 fully saturated rings. The minimum atomic E-state index is -0.955. The van der Waals surface area contributed by atoms with Crippen LogP contribution in [0.1, 0.15) is 21.6 Å². The molecule has 0 bridgehead atoms. The van der Waals surface area contributed by atoms with Crippen molar-refractivity contribution in [3.05, 3.63) is 64.3 Å². The van der Waals surface area contributed by atoms with Crippen LogP contribution in [0.15, 0.2) is 42.5 Å². The molecule has 8 heteroatoms. The minimum absolute atomic E-state index is 0. The van der Waals surface area contributed by atoms with E-state index in [4.69, 9.17) is 16.3 Å². The van der Waals surface area contributed by atoms with E-state index in [0.29, 0.717) is 38.5 Å². The molecule has 0 aliphatic rings. The standard InChI is InChI=1S/C19H16ClNO4.Na.H2O/c1-11-15(10-18(22)23)16-9-14(25-2)7-8-17(16)21(11)19(24)12-3-5-13(20)6-4-12;;/h3-9H,10H2,1-2H3,(H,22,23);;1H2.